The van der Waals surface area contributed by atoms with Gasteiger partial charge in [0.1, 0.15) is 5.75 Å². The van der Waals surface area contributed by atoms with E-state index in [2.05, 4.69) is 15.9 Å². The summed E-state index contributed by atoms with van der Waals surface area (Å²) in [7, 11) is 1.65. The zero-order valence-corrected chi connectivity index (χ0v) is 11.4. The van der Waals surface area contributed by atoms with Crippen LogP contribution in [0.25, 0.3) is 0 Å². The fraction of sp³-hybridized carbons (Fsp3) is 0.462. The Labute approximate surface area is 110 Å². The molecule has 1 saturated heterocycles. The second-order valence-electron chi connectivity index (χ2n) is 4.35. The molecule has 1 aromatic rings. The number of alkyl halides is 1. The third kappa shape index (κ3) is 3.00. The van der Waals surface area contributed by atoms with Gasteiger partial charge in [-0.05, 0) is 23.6 Å². The normalized spacial score (nSPS) is 19.8. The molecule has 1 heterocycles. The number of methoxy groups -OCH3 is 1. The zero-order chi connectivity index (χ0) is 12.3. The average molecular weight is 298 g/mol. The van der Waals surface area contributed by atoms with Gasteiger partial charge >= 0.3 is 0 Å². The van der Waals surface area contributed by atoms with Gasteiger partial charge in [-0.1, -0.05) is 28.1 Å². The van der Waals surface area contributed by atoms with Crippen molar-refractivity contribution in [2.24, 2.45) is 5.92 Å². The molecule has 0 bridgehead atoms. The van der Waals surface area contributed by atoms with Crippen molar-refractivity contribution in [1.29, 1.82) is 0 Å². The summed E-state index contributed by atoms with van der Waals surface area (Å²) < 4.78 is 5.18. The first-order valence-corrected chi connectivity index (χ1v) is 6.81. The van der Waals surface area contributed by atoms with Crippen molar-refractivity contribution in [3.8, 4) is 5.75 Å². The van der Waals surface area contributed by atoms with Crippen molar-refractivity contribution in [2.75, 3.05) is 19.0 Å². The van der Waals surface area contributed by atoms with Gasteiger partial charge in [0.15, 0.2) is 0 Å². The maximum absolute atomic E-state index is 11.8. The van der Waals surface area contributed by atoms with Crippen molar-refractivity contribution in [3.63, 3.8) is 0 Å². The fourth-order valence-corrected chi connectivity index (χ4v) is 2.54. The van der Waals surface area contributed by atoms with Crippen LogP contribution >= 0.6 is 15.9 Å². The predicted octanol–water partition coefficient (Wildman–Crippen LogP) is 2.44. The van der Waals surface area contributed by atoms with Gasteiger partial charge in [-0.2, -0.15) is 0 Å². The first-order chi connectivity index (χ1) is 8.22. The van der Waals surface area contributed by atoms with Crippen LogP contribution in [0.3, 0.4) is 0 Å². The molecule has 3 nitrogen and oxygen atoms in total. The molecule has 1 amide bonds. The maximum Gasteiger partial charge on any atom is 0.223 e. The molecular formula is C13H16BrNO2. The minimum atomic E-state index is 0.247. The summed E-state index contributed by atoms with van der Waals surface area (Å²) in [5.41, 5.74) is 1.12. The third-order valence-corrected chi connectivity index (χ3v) is 3.94. The Bertz CT molecular complexity index is 408. The summed E-state index contributed by atoms with van der Waals surface area (Å²) in [4.78, 5) is 13.7. The molecule has 1 aliphatic heterocycles. The largest absolute Gasteiger partial charge is 0.497 e. The average Bonchev–Trinajstić information content (AvgIpc) is 2.70. The van der Waals surface area contributed by atoms with Gasteiger partial charge in [0.05, 0.1) is 7.11 Å². The van der Waals surface area contributed by atoms with E-state index in [1.54, 1.807) is 7.11 Å². The summed E-state index contributed by atoms with van der Waals surface area (Å²) >= 11 is 3.44. The van der Waals surface area contributed by atoms with E-state index in [0.29, 0.717) is 18.9 Å². The molecule has 0 N–H and O–H groups in total. The van der Waals surface area contributed by atoms with Crippen LogP contribution in [0.2, 0.25) is 0 Å². The summed E-state index contributed by atoms with van der Waals surface area (Å²) in [5, 5.41) is 0.896. The lowest BCUT2D eigenvalue weighted by Crippen LogP contribution is -2.24. The lowest BCUT2D eigenvalue weighted by Gasteiger charge is -2.16. The molecule has 4 heteroatoms. The van der Waals surface area contributed by atoms with Crippen molar-refractivity contribution in [3.05, 3.63) is 29.8 Å². The Morgan fingerprint density at radius 3 is 3.00 bits per heavy atom. The lowest BCUT2D eigenvalue weighted by atomic mass is 10.1. The minimum absolute atomic E-state index is 0.247. The van der Waals surface area contributed by atoms with Crippen LogP contribution in [0.4, 0.5) is 0 Å². The van der Waals surface area contributed by atoms with E-state index in [1.165, 1.54) is 0 Å². The molecule has 92 valence electrons. The second kappa shape index (κ2) is 5.54. The molecule has 0 radical (unpaired) electrons. The number of amides is 1. The number of carbonyl (C=O) groups is 1. The highest BCUT2D eigenvalue weighted by Crippen LogP contribution is 2.22. The third-order valence-electron chi connectivity index (χ3n) is 3.02. The zero-order valence-electron chi connectivity index (χ0n) is 9.86. The van der Waals surface area contributed by atoms with E-state index in [4.69, 9.17) is 4.74 Å². The number of hydrogen-bond acceptors (Lipinski definition) is 2. The van der Waals surface area contributed by atoms with E-state index in [9.17, 15) is 4.79 Å². The van der Waals surface area contributed by atoms with Crippen molar-refractivity contribution in [1.82, 2.24) is 4.90 Å². The number of carbonyl (C=O) groups excluding carboxylic acids is 1. The van der Waals surface area contributed by atoms with Gasteiger partial charge in [0.25, 0.3) is 0 Å². The molecule has 1 aromatic carbocycles. The van der Waals surface area contributed by atoms with Crippen molar-refractivity contribution >= 4 is 21.8 Å². The number of ether oxygens (including phenoxy) is 1. The minimum Gasteiger partial charge on any atom is -0.497 e. The number of nitrogens with zero attached hydrogens (tertiary/aromatic N) is 1. The second-order valence-corrected chi connectivity index (χ2v) is 5.00. The van der Waals surface area contributed by atoms with Gasteiger partial charge in [0, 0.05) is 24.8 Å². The first kappa shape index (κ1) is 12.4. The Hall–Kier alpha value is -1.03. The van der Waals surface area contributed by atoms with E-state index in [1.807, 2.05) is 29.2 Å². The fourth-order valence-electron chi connectivity index (χ4n) is 2.10. The Balaban J connectivity index is 2.03. The van der Waals surface area contributed by atoms with Crippen LogP contribution in [-0.4, -0.2) is 29.8 Å². The van der Waals surface area contributed by atoms with Gasteiger partial charge < -0.3 is 9.64 Å². The highest BCUT2D eigenvalue weighted by Gasteiger charge is 2.28. The number of likely N-dealkylation sites (tertiary alicyclic amines) is 1. The molecular weight excluding hydrogens is 282 g/mol. The van der Waals surface area contributed by atoms with Gasteiger partial charge in [-0.3, -0.25) is 4.79 Å². The van der Waals surface area contributed by atoms with E-state index < -0.39 is 0 Å². The summed E-state index contributed by atoms with van der Waals surface area (Å²) in [6.45, 7) is 1.53. The van der Waals surface area contributed by atoms with Gasteiger partial charge in [-0.15, -0.1) is 0 Å². The van der Waals surface area contributed by atoms with Gasteiger partial charge in [0.2, 0.25) is 5.91 Å². The molecule has 0 aromatic heterocycles. The molecule has 0 aliphatic carbocycles. The Morgan fingerprint density at radius 1 is 1.53 bits per heavy atom. The lowest BCUT2D eigenvalue weighted by molar-refractivity contribution is -0.128. The Kier molecular flexibility index (Phi) is 4.05. The molecule has 1 aliphatic rings. The summed E-state index contributed by atoms with van der Waals surface area (Å²) in [6, 6.07) is 7.87. The number of benzene rings is 1. The Morgan fingerprint density at radius 2 is 2.35 bits per heavy atom. The van der Waals surface area contributed by atoms with Crippen LogP contribution in [-0.2, 0) is 11.3 Å². The van der Waals surface area contributed by atoms with Crippen LogP contribution in [0.5, 0.6) is 5.75 Å². The number of rotatable bonds is 4. The predicted molar refractivity (Wildman–Crippen MR) is 70.3 cm³/mol. The van der Waals surface area contributed by atoms with E-state index >= 15 is 0 Å². The first-order valence-electron chi connectivity index (χ1n) is 5.69. The van der Waals surface area contributed by atoms with Crippen LogP contribution in [0.15, 0.2) is 24.3 Å². The van der Waals surface area contributed by atoms with Crippen LogP contribution in [0.1, 0.15) is 12.0 Å². The topological polar surface area (TPSA) is 29.5 Å². The molecule has 1 atom stereocenters. The summed E-state index contributed by atoms with van der Waals surface area (Å²) in [5.74, 6) is 1.54. The maximum atomic E-state index is 11.8. The molecule has 17 heavy (non-hydrogen) atoms. The highest BCUT2D eigenvalue weighted by atomic mass is 79.9. The molecule has 2 rings (SSSR count). The molecule has 0 saturated carbocycles. The number of hydrogen-bond donors (Lipinski definition) is 0. The standard InChI is InChI=1S/C13H16BrNO2/c1-17-12-4-2-3-10(5-12)8-15-9-11(7-14)6-13(15)16/h2-5,11H,6-9H2,1H3. The van der Waals surface area contributed by atoms with E-state index in [-0.39, 0.29) is 5.91 Å². The number of halogens is 1. The van der Waals surface area contributed by atoms with Gasteiger partial charge in [-0.25, -0.2) is 0 Å². The van der Waals surface area contributed by atoms with Crippen molar-refractivity contribution < 1.29 is 9.53 Å². The van der Waals surface area contributed by atoms with Crippen molar-refractivity contribution in [2.45, 2.75) is 13.0 Å². The molecule has 1 unspecified atom stereocenters. The van der Waals surface area contributed by atoms with Crippen LogP contribution in [0, 0.1) is 5.92 Å². The highest BCUT2D eigenvalue weighted by molar-refractivity contribution is 9.09. The quantitative estimate of drug-likeness (QED) is 0.799. The smallest absolute Gasteiger partial charge is 0.223 e. The summed E-state index contributed by atoms with van der Waals surface area (Å²) in [6.07, 6.45) is 0.662. The molecule has 1 fully saturated rings. The van der Waals surface area contributed by atoms with Crippen LogP contribution < -0.4 is 4.74 Å². The monoisotopic (exact) mass is 297 g/mol. The SMILES string of the molecule is COc1cccc(CN2CC(CBr)CC2=O)c1. The van der Waals surface area contributed by atoms with E-state index in [0.717, 1.165) is 23.2 Å². The molecule has 0 spiro atoms.